The van der Waals surface area contributed by atoms with Crippen LogP contribution < -0.4 is 4.74 Å². The zero-order valence-corrected chi connectivity index (χ0v) is 18.7. The number of hydrogen-bond acceptors (Lipinski definition) is 4. The van der Waals surface area contributed by atoms with E-state index in [9.17, 15) is 9.59 Å². The lowest BCUT2D eigenvalue weighted by atomic mass is 9.89. The average molecular weight is 513 g/mol. The van der Waals surface area contributed by atoms with Crippen LogP contribution in [-0.4, -0.2) is 29.2 Å². The number of thioether (sulfide) groups is 1. The Morgan fingerprint density at radius 2 is 1.89 bits per heavy atom. The highest BCUT2D eigenvalue weighted by atomic mass is 79.9. The van der Waals surface area contributed by atoms with Crippen LogP contribution in [0.1, 0.15) is 37.7 Å². The third kappa shape index (κ3) is 4.98. The van der Waals surface area contributed by atoms with E-state index in [1.165, 1.54) is 24.2 Å². The van der Waals surface area contributed by atoms with Gasteiger partial charge in [0.1, 0.15) is 12.4 Å². The van der Waals surface area contributed by atoms with Gasteiger partial charge in [-0.2, -0.15) is 0 Å². The Labute approximate surface area is 180 Å². The van der Waals surface area contributed by atoms with E-state index in [2.05, 4.69) is 37.8 Å². The number of nitrogens with zero attached hydrogens (tertiary/aromatic N) is 1. The van der Waals surface area contributed by atoms with Crippen LogP contribution in [0.3, 0.4) is 0 Å². The van der Waals surface area contributed by atoms with Gasteiger partial charge in [0.15, 0.2) is 0 Å². The van der Waals surface area contributed by atoms with Crippen molar-refractivity contribution in [1.82, 2.24) is 4.90 Å². The molecule has 3 rings (SSSR count). The zero-order chi connectivity index (χ0) is 19.4. The summed E-state index contributed by atoms with van der Waals surface area (Å²) in [7, 11) is 0. The first-order valence-electron chi connectivity index (χ1n) is 8.80. The van der Waals surface area contributed by atoms with Crippen molar-refractivity contribution in [2.75, 3.05) is 13.2 Å². The second-order valence-corrected chi connectivity index (χ2v) is 9.30. The maximum atomic E-state index is 12.7. The van der Waals surface area contributed by atoms with Crippen molar-refractivity contribution in [1.29, 1.82) is 0 Å². The molecule has 1 aromatic carbocycles. The van der Waals surface area contributed by atoms with Crippen molar-refractivity contribution in [3.63, 3.8) is 0 Å². The molecule has 0 unspecified atom stereocenters. The molecular formula is C20H19Br2NO3S. The SMILES string of the molecule is C#CCOc1c(Br)cc(/C=C2/SC(=O)N(CC3CCCCC3)C2=O)cc1Br. The van der Waals surface area contributed by atoms with Crippen molar-refractivity contribution in [3.8, 4) is 18.1 Å². The minimum absolute atomic E-state index is 0.163. The highest BCUT2D eigenvalue weighted by Crippen LogP contribution is 2.38. The minimum atomic E-state index is -0.199. The van der Waals surface area contributed by atoms with Gasteiger partial charge in [-0.1, -0.05) is 25.2 Å². The number of amides is 2. The van der Waals surface area contributed by atoms with Crippen LogP contribution in [0.2, 0.25) is 0 Å². The maximum absolute atomic E-state index is 12.7. The van der Waals surface area contributed by atoms with E-state index in [4.69, 9.17) is 11.2 Å². The molecule has 1 aromatic rings. The van der Waals surface area contributed by atoms with E-state index in [0.29, 0.717) is 23.1 Å². The summed E-state index contributed by atoms with van der Waals surface area (Å²) in [4.78, 5) is 26.9. The van der Waals surface area contributed by atoms with Crippen LogP contribution in [0.25, 0.3) is 6.08 Å². The van der Waals surface area contributed by atoms with Gasteiger partial charge in [-0.15, -0.1) is 6.42 Å². The van der Waals surface area contributed by atoms with Crippen molar-refractivity contribution in [2.45, 2.75) is 32.1 Å². The lowest BCUT2D eigenvalue weighted by Gasteiger charge is -2.25. The number of halogens is 2. The number of carbonyl (C=O) groups is 2. The van der Waals surface area contributed by atoms with Crippen molar-refractivity contribution in [3.05, 3.63) is 31.5 Å². The largest absolute Gasteiger partial charge is 0.479 e. The van der Waals surface area contributed by atoms with Gasteiger partial charge < -0.3 is 4.74 Å². The molecule has 1 saturated carbocycles. The fourth-order valence-corrected chi connectivity index (χ4v) is 5.65. The molecule has 27 heavy (non-hydrogen) atoms. The number of ether oxygens (including phenoxy) is 1. The van der Waals surface area contributed by atoms with Gasteiger partial charge in [-0.05, 0) is 86.2 Å². The molecular weight excluding hydrogens is 494 g/mol. The Morgan fingerprint density at radius 1 is 1.22 bits per heavy atom. The molecule has 0 aromatic heterocycles. The number of benzene rings is 1. The van der Waals surface area contributed by atoms with Gasteiger partial charge >= 0.3 is 0 Å². The van der Waals surface area contributed by atoms with Crippen LogP contribution in [-0.2, 0) is 4.79 Å². The van der Waals surface area contributed by atoms with Gasteiger partial charge in [-0.3, -0.25) is 14.5 Å². The minimum Gasteiger partial charge on any atom is -0.479 e. The molecule has 1 aliphatic heterocycles. The summed E-state index contributed by atoms with van der Waals surface area (Å²) in [5.41, 5.74) is 0.796. The van der Waals surface area contributed by atoms with Crippen LogP contribution in [0.4, 0.5) is 4.79 Å². The monoisotopic (exact) mass is 511 g/mol. The molecule has 0 bridgehead atoms. The summed E-state index contributed by atoms with van der Waals surface area (Å²) in [6.07, 6.45) is 12.8. The lowest BCUT2D eigenvalue weighted by Crippen LogP contribution is -2.34. The Morgan fingerprint density at radius 3 is 2.52 bits per heavy atom. The standard InChI is InChI=1S/C20H19Br2NO3S/c1-2-8-26-18-15(21)9-14(10-16(18)22)11-17-19(24)23(20(25)27-17)12-13-6-4-3-5-7-13/h1,9-11,13H,3-8,12H2/b17-11+. The molecule has 0 radical (unpaired) electrons. The molecule has 2 aliphatic rings. The summed E-state index contributed by atoms with van der Waals surface area (Å²) in [6.45, 7) is 0.699. The second-order valence-electron chi connectivity index (χ2n) is 6.60. The van der Waals surface area contributed by atoms with Crippen LogP contribution in [0.5, 0.6) is 5.75 Å². The molecule has 142 valence electrons. The van der Waals surface area contributed by atoms with Gasteiger partial charge in [0.05, 0.1) is 13.9 Å². The highest BCUT2D eigenvalue weighted by Gasteiger charge is 2.36. The third-order valence-electron chi connectivity index (χ3n) is 4.66. The highest BCUT2D eigenvalue weighted by molar-refractivity contribution is 9.11. The number of hydrogen-bond donors (Lipinski definition) is 0. The van der Waals surface area contributed by atoms with Crippen LogP contribution >= 0.6 is 43.6 Å². The van der Waals surface area contributed by atoms with Crippen LogP contribution in [0, 0.1) is 18.3 Å². The van der Waals surface area contributed by atoms with Gasteiger partial charge in [0, 0.05) is 6.54 Å². The molecule has 2 amide bonds. The van der Waals surface area contributed by atoms with E-state index in [-0.39, 0.29) is 17.8 Å². The van der Waals surface area contributed by atoms with Gasteiger partial charge in [0.2, 0.25) is 0 Å². The molecule has 1 heterocycles. The lowest BCUT2D eigenvalue weighted by molar-refractivity contribution is -0.123. The van der Waals surface area contributed by atoms with Crippen LogP contribution in [0.15, 0.2) is 26.0 Å². The number of terminal acetylenes is 1. The first-order valence-corrected chi connectivity index (χ1v) is 11.2. The normalized spacial score (nSPS) is 19.6. The van der Waals surface area contributed by atoms with E-state index in [1.54, 1.807) is 6.08 Å². The molecule has 0 N–H and O–H groups in total. The first kappa shape index (κ1) is 20.5. The van der Waals surface area contributed by atoms with E-state index in [0.717, 1.165) is 39.1 Å². The Balaban J connectivity index is 1.76. The fraction of sp³-hybridized carbons (Fsp3) is 0.400. The predicted octanol–water partition coefficient (Wildman–Crippen LogP) is 5.84. The molecule has 0 spiro atoms. The van der Waals surface area contributed by atoms with Gasteiger partial charge in [0.25, 0.3) is 11.1 Å². The summed E-state index contributed by atoms with van der Waals surface area (Å²) in [6, 6.07) is 3.68. The quantitative estimate of drug-likeness (QED) is 0.367. The number of rotatable bonds is 5. The molecule has 1 aliphatic carbocycles. The topological polar surface area (TPSA) is 46.6 Å². The number of carbonyl (C=O) groups excluding carboxylic acids is 2. The van der Waals surface area contributed by atoms with Crippen molar-refractivity contribution >= 4 is 60.8 Å². The zero-order valence-electron chi connectivity index (χ0n) is 14.7. The maximum Gasteiger partial charge on any atom is 0.293 e. The van der Waals surface area contributed by atoms with Gasteiger partial charge in [-0.25, -0.2) is 0 Å². The molecule has 1 saturated heterocycles. The average Bonchev–Trinajstić information content (AvgIpc) is 2.89. The molecule has 7 heteroatoms. The first-order chi connectivity index (χ1) is 13.0. The smallest absolute Gasteiger partial charge is 0.293 e. The Hall–Kier alpha value is -1.23. The summed E-state index contributed by atoms with van der Waals surface area (Å²) >= 11 is 7.93. The molecule has 0 atom stereocenters. The Bertz CT molecular complexity index is 802. The second kappa shape index (κ2) is 9.31. The third-order valence-corrected chi connectivity index (χ3v) is 6.74. The Kier molecular flexibility index (Phi) is 7.07. The van der Waals surface area contributed by atoms with Crippen molar-refractivity contribution in [2.24, 2.45) is 5.92 Å². The summed E-state index contributed by atoms with van der Waals surface area (Å²) < 4.78 is 6.94. The van der Waals surface area contributed by atoms with E-state index in [1.807, 2.05) is 12.1 Å². The molecule has 2 fully saturated rings. The fourth-order valence-electron chi connectivity index (χ4n) is 3.35. The predicted molar refractivity (Wildman–Crippen MR) is 115 cm³/mol. The van der Waals surface area contributed by atoms with Crippen molar-refractivity contribution < 1.29 is 14.3 Å². The molecule has 4 nitrogen and oxygen atoms in total. The van der Waals surface area contributed by atoms with E-state index < -0.39 is 0 Å². The summed E-state index contributed by atoms with van der Waals surface area (Å²) in [5, 5.41) is -0.177. The summed E-state index contributed by atoms with van der Waals surface area (Å²) in [5.74, 6) is 3.27. The van der Waals surface area contributed by atoms with E-state index >= 15 is 0 Å². The number of imide groups is 1.